The van der Waals surface area contributed by atoms with E-state index in [1.807, 2.05) is 42.5 Å². The zero-order valence-electron chi connectivity index (χ0n) is 12.3. The van der Waals surface area contributed by atoms with Crippen molar-refractivity contribution in [2.24, 2.45) is 0 Å². The third-order valence-corrected chi connectivity index (χ3v) is 4.17. The average molecular weight is 375 g/mol. The number of hydrogen-bond acceptors (Lipinski definition) is 3. The number of nitrogens with one attached hydrogen (secondary N) is 1. The molecule has 6 heteroatoms. The van der Waals surface area contributed by atoms with Crippen LogP contribution in [0.25, 0.3) is 0 Å². The van der Waals surface area contributed by atoms with Crippen LogP contribution in [0, 0.1) is 0 Å². The van der Waals surface area contributed by atoms with Gasteiger partial charge in [0, 0.05) is 24.7 Å². The molecule has 118 valence electrons. The Morgan fingerprint density at radius 2 is 1.91 bits per heavy atom. The molecule has 0 bridgehead atoms. The maximum atomic E-state index is 11.9. The van der Waals surface area contributed by atoms with E-state index in [-0.39, 0.29) is 5.91 Å². The summed E-state index contributed by atoms with van der Waals surface area (Å²) in [5.74, 6) is 0.403. The van der Waals surface area contributed by atoms with Gasteiger partial charge in [-0.3, -0.25) is 15.0 Å². The lowest BCUT2D eigenvalue weighted by atomic mass is 10.2. The average Bonchev–Trinajstić information content (AvgIpc) is 2.55. The molecule has 1 aliphatic rings. The summed E-state index contributed by atoms with van der Waals surface area (Å²) in [6, 6.07) is 14.9. The lowest BCUT2D eigenvalue weighted by Gasteiger charge is -2.27. The van der Waals surface area contributed by atoms with E-state index in [9.17, 15) is 9.59 Å². The maximum absolute atomic E-state index is 11.9. The molecule has 2 aromatic carbocycles. The van der Waals surface area contributed by atoms with Gasteiger partial charge >= 0.3 is 6.03 Å². The predicted octanol–water partition coefficient (Wildman–Crippen LogP) is 3.47. The molecule has 1 fully saturated rings. The van der Waals surface area contributed by atoms with Gasteiger partial charge in [0.25, 0.3) is 0 Å². The molecule has 0 radical (unpaired) electrons. The van der Waals surface area contributed by atoms with Crippen LogP contribution in [0.2, 0.25) is 0 Å². The summed E-state index contributed by atoms with van der Waals surface area (Å²) in [6.45, 7) is 0.804. The van der Waals surface area contributed by atoms with Crippen LogP contribution in [0.5, 0.6) is 5.75 Å². The molecule has 3 amide bonds. The lowest BCUT2D eigenvalue weighted by molar-refractivity contribution is -0.120. The van der Waals surface area contributed by atoms with Gasteiger partial charge < -0.3 is 4.74 Å². The van der Waals surface area contributed by atoms with Crippen molar-refractivity contribution < 1.29 is 14.3 Å². The van der Waals surface area contributed by atoms with Crippen molar-refractivity contribution in [1.82, 2.24) is 5.32 Å². The molecular weight excluding hydrogens is 360 g/mol. The van der Waals surface area contributed by atoms with Crippen molar-refractivity contribution in [2.75, 3.05) is 11.4 Å². The van der Waals surface area contributed by atoms with Crippen LogP contribution in [0.4, 0.5) is 10.5 Å². The number of carbonyl (C=O) groups is 2. The van der Waals surface area contributed by atoms with Crippen LogP contribution in [0.1, 0.15) is 12.0 Å². The Hall–Kier alpha value is -2.34. The lowest BCUT2D eigenvalue weighted by Crippen LogP contribution is -2.49. The number of carbonyl (C=O) groups excluding carboxylic acids is 2. The Morgan fingerprint density at radius 3 is 2.65 bits per heavy atom. The van der Waals surface area contributed by atoms with E-state index < -0.39 is 6.03 Å². The molecule has 0 atom stereocenters. The van der Waals surface area contributed by atoms with Gasteiger partial charge in [0.2, 0.25) is 5.91 Å². The van der Waals surface area contributed by atoms with E-state index in [1.165, 1.54) is 4.90 Å². The minimum absolute atomic E-state index is 0.246. The van der Waals surface area contributed by atoms with Gasteiger partial charge in [0.15, 0.2) is 0 Å². The molecule has 1 saturated heterocycles. The fourth-order valence-corrected chi connectivity index (χ4v) is 2.68. The molecule has 1 N–H and O–H groups in total. The number of anilines is 1. The van der Waals surface area contributed by atoms with Crippen molar-refractivity contribution in [3.63, 3.8) is 0 Å². The van der Waals surface area contributed by atoms with E-state index in [0.29, 0.717) is 31.0 Å². The zero-order valence-corrected chi connectivity index (χ0v) is 13.9. The number of rotatable bonds is 4. The molecule has 5 nitrogen and oxygen atoms in total. The molecular formula is C17H15BrN2O3. The van der Waals surface area contributed by atoms with Crippen LogP contribution >= 0.6 is 15.9 Å². The molecule has 1 aliphatic heterocycles. The Balaban J connectivity index is 1.76. The molecule has 1 heterocycles. The first-order valence-electron chi connectivity index (χ1n) is 7.21. The van der Waals surface area contributed by atoms with Crippen LogP contribution in [0.15, 0.2) is 53.0 Å². The highest BCUT2D eigenvalue weighted by Crippen LogP contribution is 2.31. The Kier molecular flexibility index (Phi) is 4.62. The van der Waals surface area contributed by atoms with Crippen molar-refractivity contribution >= 4 is 33.6 Å². The first kappa shape index (κ1) is 15.6. The molecule has 3 rings (SSSR count). The molecule has 0 unspecified atom stereocenters. The number of urea groups is 1. The quantitative estimate of drug-likeness (QED) is 0.890. The fourth-order valence-electron chi connectivity index (χ4n) is 2.32. The first-order valence-corrected chi connectivity index (χ1v) is 8.00. The third kappa shape index (κ3) is 3.71. The summed E-state index contributed by atoms with van der Waals surface area (Å²) in [5.41, 5.74) is 1.76. The van der Waals surface area contributed by atoms with E-state index in [4.69, 9.17) is 4.74 Å². The normalized spacial score (nSPS) is 14.6. The molecule has 0 aliphatic carbocycles. The Morgan fingerprint density at radius 1 is 1.13 bits per heavy atom. The SMILES string of the molecule is O=C1CCN(c2ccc(Br)c(OCc3ccccc3)c2)C(=O)N1. The number of imide groups is 1. The minimum Gasteiger partial charge on any atom is -0.488 e. The molecule has 0 spiro atoms. The number of halogens is 1. The number of hydrogen-bond donors (Lipinski definition) is 1. The molecule has 23 heavy (non-hydrogen) atoms. The summed E-state index contributed by atoms with van der Waals surface area (Å²) in [5, 5.41) is 2.32. The largest absolute Gasteiger partial charge is 0.488 e. The standard InChI is InChI=1S/C17H15BrN2O3/c18-14-7-6-13(20-9-8-16(21)19-17(20)22)10-15(14)23-11-12-4-2-1-3-5-12/h1-7,10H,8-9,11H2,(H,19,21,22). The second kappa shape index (κ2) is 6.83. The van der Waals surface area contributed by atoms with E-state index in [2.05, 4.69) is 21.2 Å². The van der Waals surface area contributed by atoms with Crippen LogP contribution in [-0.2, 0) is 11.4 Å². The molecule has 2 aromatic rings. The number of nitrogens with zero attached hydrogens (tertiary/aromatic N) is 1. The number of ether oxygens (including phenoxy) is 1. The van der Waals surface area contributed by atoms with Crippen LogP contribution in [0.3, 0.4) is 0 Å². The third-order valence-electron chi connectivity index (χ3n) is 3.52. The molecule has 0 saturated carbocycles. The fraction of sp³-hybridized carbons (Fsp3) is 0.176. The van der Waals surface area contributed by atoms with Gasteiger partial charge in [0.05, 0.1) is 4.47 Å². The summed E-state index contributed by atoms with van der Waals surface area (Å²) >= 11 is 3.45. The Bertz CT molecular complexity index is 734. The van der Waals surface area contributed by atoms with Crippen LogP contribution < -0.4 is 15.0 Å². The Labute approximate surface area is 142 Å². The van der Waals surface area contributed by atoms with E-state index >= 15 is 0 Å². The van der Waals surface area contributed by atoms with Gasteiger partial charge in [-0.2, -0.15) is 0 Å². The van der Waals surface area contributed by atoms with Crippen molar-refractivity contribution in [2.45, 2.75) is 13.0 Å². The maximum Gasteiger partial charge on any atom is 0.328 e. The summed E-state index contributed by atoms with van der Waals surface area (Å²) in [4.78, 5) is 24.7. The zero-order chi connectivity index (χ0) is 16.2. The number of benzene rings is 2. The minimum atomic E-state index is -0.405. The molecule has 0 aromatic heterocycles. The topological polar surface area (TPSA) is 58.6 Å². The number of amides is 3. The smallest absolute Gasteiger partial charge is 0.328 e. The monoisotopic (exact) mass is 374 g/mol. The van der Waals surface area contributed by atoms with Crippen molar-refractivity contribution in [1.29, 1.82) is 0 Å². The highest BCUT2D eigenvalue weighted by atomic mass is 79.9. The highest BCUT2D eigenvalue weighted by Gasteiger charge is 2.24. The summed E-state index contributed by atoms with van der Waals surface area (Å²) in [6.07, 6.45) is 0.294. The van der Waals surface area contributed by atoms with Gasteiger partial charge in [-0.15, -0.1) is 0 Å². The van der Waals surface area contributed by atoms with Crippen molar-refractivity contribution in [3.05, 3.63) is 58.6 Å². The van der Waals surface area contributed by atoms with Gasteiger partial charge in [0.1, 0.15) is 12.4 Å². The van der Waals surface area contributed by atoms with E-state index in [0.717, 1.165) is 10.0 Å². The van der Waals surface area contributed by atoms with Gasteiger partial charge in [-0.25, -0.2) is 4.79 Å². The summed E-state index contributed by atoms with van der Waals surface area (Å²) in [7, 11) is 0. The van der Waals surface area contributed by atoms with Gasteiger partial charge in [-0.05, 0) is 33.6 Å². The predicted molar refractivity (Wildman–Crippen MR) is 90.4 cm³/mol. The second-order valence-electron chi connectivity index (χ2n) is 5.14. The highest BCUT2D eigenvalue weighted by molar-refractivity contribution is 9.10. The van der Waals surface area contributed by atoms with E-state index in [1.54, 1.807) is 6.07 Å². The van der Waals surface area contributed by atoms with Gasteiger partial charge in [-0.1, -0.05) is 30.3 Å². The van der Waals surface area contributed by atoms with Crippen LogP contribution in [-0.4, -0.2) is 18.5 Å². The first-order chi connectivity index (χ1) is 11.1. The second-order valence-corrected chi connectivity index (χ2v) is 6.00. The van der Waals surface area contributed by atoms with Crippen molar-refractivity contribution in [3.8, 4) is 5.75 Å². The summed E-state index contributed by atoms with van der Waals surface area (Å²) < 4.78 is 6.65.